The number of hydrogen-bond acceptors (Lipinski definition) is 5. The van der Waals surface area contributed by atoms with Crippen molar-refractivity contribution in [3.05, 3.63) is 48.0 Å². The van der Waals surface area contributed by atoms with Crippen LogP contribution < -0.4 is 19.3 Å². The third-order valence-corrected chi connectivity index (χ3v) is 12.6. The SMILES string of the molecule is COc1ccc([Si](c2cc(C#N)ccc2OS(=O)(=O)C(F)(F)F)(C(C)C)C(C)C)cc1. The summed E-state index contributed by atoms with van der Waals surface area (Å²) in [6.45, 7) is 7.77. The molecule has 0 aliphatic carbocycles. The van der Waals surface area contributed by atoms with E-state index in [0.29, 0.717) is 10.9 Å². The summed E-state index contributed by atoms with van der Waals surface area (Å²) in [4.78, 5) is 0. The lowest BCUT2D eigenvalue weighted by atomic mass is 10.2. The van der Waals surface area contributed by atoms with Crippen molar-refractivity contribution in [2.24, 2.45) is 0 Å². The molecule has 0 saturated heterocycles. The maximum atomic E-state index is 13.0. The molecular weight excluding hydrogens is 447 g/mol. The first-order valence-corrected chi connectivity index (χ1v) is 13.1. The third kappa shape index (κ3) is 4.57. The molecule has 0 heterocycles. The summed E-state index contributed by atoms with van der Waals surface area (Å²) in [5.74, 6) is 0.210. The van der Waals surface area contributed by atoms with E-state index in [4.69, 9.17) is 4.74 Å². The molecule has 5 nitrogen and oxygen atoms in total. The third-order valence-electron chi connectivity index (χ3n) is 5.43. The van der Waals surface area contributed by atoms with E-state index < -0.39 is 29.4 Å². The number of rotatable bonds is 7. The minimum absolute atomic E-state index is 0.0641. The van der Waals surface area contributed by atoms with Gasteiger partial charge in [-0.25, -0.2) is 0 Å². The highest BCUT2D eigenvalue weighted by Gasteiger charge is 2.51. The lowest BCUT2D eigenvalue weighted by molar-refractivity contribution is -0.0499. The van der Waals surface area contributed by atoms with Gasteiger partial charge in [-0.3, -0.25) is 0 Å². The number of benzene rings is 2. The number of nitrogens with zero attached hydrogens (tertiary/aromatic N) is 1. The van der Waals surface area contributed by atoms with Crippen LogP contribution in [0.1, 0.15) is 33.3 Å². The standard InChI is InChI=1S/C21H24F3NO4SSi/c1-14(2)31(15(3)4,18-9-7-17(28-5)8-10-18)20-12-16(13-25)6-11-19(20)29-30(26,27)21(22,23)24/h6-12,14-15H,1-5H3. The number of hydrogen-bond donors (Lipinski definition) is 0. The first-order valence-electron chi connectivity index (χ1n) is 9.51. The zero-order valence-electron chi connectivity index (χ0n) is 17.8. The lowest BCUT2D eigenvalue weighted by Gasteiger charge is -2.41. The molecule has 10 heteroatoms. The Balaban J connectivity index is 2.89. The van der Waals surface area contributed by atoms with E-state index in [1.165, 1.54) is 19.2 Å². The van der Waals surface area contributed by atoms with E-state index in [1.54, 1.807) is 12.1 Å². The fourth-order valence-electron chi connectivity index (χ4n) is 4.14. The summed E-state index contributed by atoms with van der Waals surface area (Å²) in [6, 6.07) is 13.0. The number of alkyl halides is 3. The summed E-state index contributed by atoms with van der Waals surface area (Å²) in [7, 11) is -7.31. The molecule has 0 aliphatic heterocycles. The van der Waals surface area contributed by atoms with Crippen molar-refractivity contribution < 1.29 is 30.5 Å². The lowest BCUT2D eigenvalue weighted by Crippen LogP contribution is -2.63. The highest BCUT2D eigenvalue weighted by atomic mass is 32.2. The van der Waals surface area contributed by atoms with Crippen molar-refractivity contribution in [1.82, 2.24) is 0 Å². The normalized spacial score (nSPS) is 12.7. The van der Waals surface area contributed by atoms with Crippen molar-refractivity contribution >= 4 is 28.6 Å². The molecule has 0 fully saturated rings. The second kappa shape index (κ2) is 8.92. The minimum Gasteiger partial charge on any atom is -0.497 e. The largest absolute Gasteiger partial charge is 0.534 e. The molecule has 2 aromatic rings. The highest BCUT2D eigenvalue weighted by molar-refractivity contribution is 7.88. The number of nitriles is 1. The van der Waals surface area contributed by atoms with Crippen molar-refractivity contribution in [2.75, 3.05) is 7.11 Å². The monoisotopic (exact) mass is 471 g/mol. The van der Waals surface area contributed by atoms with Gasteiger partial charge in [0.2, 0.25) is 0 Å². The minimum atomic E-state index is -5.88. The van der Waals surface area contributed by atoms with Crippen molar-refractivity contribution in [3.8, 4) is 17.6 Å². The zero-order chi connectivity index (χ0) is 23.6. The van der Waals surface area contributed by atoms with Crippen LogP contribution in [0.5, 0.6) is 11.5 Å². The van der Waals surface area contributed by atoms with Gasteiger partial charge in [0.15, 0.2) is 0 Å². The first-order chi connectivity index (χ1) is 14.3. The van der Waals surface area contributed by atoms with Gasteiger partial charge < -0.3 is 8.92 Å². The van der Waals surface area contributed by atoms with Gasteiger partial charge in [-0.05, 0) is 46.6 Å². The number of ether oxygens (including phenoxy) is 1. The Labute approximate surface area is 181 Å². The molecule has 31 heavy (non-hydrogen) atoms. The Morgan fingerprint density at radius 3 is 1.97 bits per heavy atom. The molecule has 0 saturated carbocycles. The molecule has 2 rings (SSSR count). The molecule has 0 aromatic heterocycles. The Hall–Kier alpha value is -2.51. The topological polar surface area (TPSA) is 76.4 Å². The summed E-state index contributed by atoms with van der Waals surface area (Å²) < 4.78 is 72.6. The van der Waals surface area contributed by atoms with Crippen LogP contribution in [-0.2, 0) is 10.1 Å². The van der Waals surface area contributed by atoms with Crippen LogP contribution in [0.4, 0.5) is 13.2 Å². The average Bonchev–Trinajstić information content (AvgIpc) is 2.68. The number of methoxy groups -OCH3 is 1. The van der Waals surface area contributed by atoms with Gasteiger partial charge in [0.1, 0.15) is 19.6 Å². The van der Waals surface area contributed by atoms with Crippen molar-refractivity contribution in [1.29, 1.82) is 5.26 Å². The quantitative estimate of drug-likeness (QED) is 0.344. The summed E-state index contributed by atoms with van der Waals surface area (Å²) >= 11 is 0. The Bertz CT molecular complexity index is 1070. The van der Waals surface area contributed by atoms with Gasteiger partial charge >= 0.3 is 15.6 Å². The zero-order valence-corrected chi connectivity index (χ0v) is 19.6. The van der Waals surface area contributed by atoms with Gasteiger partial charge in [0.25, 0.3) is 0 Å². The smallest absolute Gasteiger partial charge is 0.497 e. The average molecular weight is 472 g/mol. The van der Waals surface area contributed by atoms with Crippen LogP contribution in [0.3, 0.4) is 0 Å². The van der Waals surface area contributed by atoms with Crippen LogP contribution in [0.2, 0.25) is 11.1 Å². The highest BCUT2D eigenvalue weighted by Crippen LogP contribution is 2.36. The van der Waals surface area contributed by atoms with E-state index in [9.17, 15) is 26.9 Å². The van der Waals surface area contributed by atoms with Crippen molar-refractivity contribution in [2.45, 2.75) is 44.3 Å². The Kier molecular flexibility index (Phi) is 7.13. The Morgan fingerprint density at radius 2 is 1.55 bits per heavy atom. The van der Waals surface area contributed by atoms with Gasteiger partial charge in [-0.1, -0.05) is 45.0 Å². The summed E-state index contributed by atoms with van der Waals surface area (Å²) in [5, 5.41) is 10.6. The fraction of sp³-hybridized carbons (Fsp3) is 0.381. The molecule has 0 aliphatic rings. The van der Waals surface area contributed by atoms with Crippen LogP contribution in [0.15, 0.2) is 42.5 Å². The van der Waals surface area contributed by atoms with Crippen LogP contribution in [0, 0.1) is 11.3 Å². The van der Waals surface area contributed by atoms with E-state index in [-0.39, 0.29) is 16.6 Å². The predicted octanol–water partition coefficient (Wildman–Crippen LogP) is 4.18. The first kappa shape index (κ1) is 24.8. The van der Waals surface area contributed by atoms with Crippen molar-refractivity contribution in [3.63, 3.8) is 0 Å². The predicted molar refractivity (Wildman–Crippen MR) is 115 cm³/mol. The molecule has 168 valence electrons. The van der Waals surface area contributed by atoms with Crippen LogP contribution >= 0.6 is 0 Å². The van der Waals surface area contributed by atoms with E-state index in [2.05, 4.69) is 4.18 Å². The fourth-order valence-corrected chi connectivity index (χ4v) is 10.6. The molecule has 0 N–H and O–H groups in total. The second-order valence-corrected chi connectivity index (χ2v) is 14.4. The molecule has 0 atom stereocenters. The van der Waals surface area contributed by atoms with Gasteiger partial charge in [-0.2, -0.15) is 26.9 Å². The maximum absolute atomic E-state index is 13.0. The van der Waals surface area contributed by atoms with E-state index in [1.807, 2.05) is 45.9 Å². The Morgan fingerprint density at radius 1 is 1.00 bits per heavy atom. The summed E-state index contributed by atoms with van der Waals surface area (Å²) in [5.41, 5.74) is -5.49. The van der Waals surface area contributed by atoms with Gasteiger partial charge in [-0.15, -0.1) is 0 Å². The molecule has 0 spiro atoms. The van der Waals surface area contributed by atoms with Gasteiger partial charge in [0.05, 0.1) is 18.7 Å². The molecular formula is C21H24F3NO4SSi. The molecule has 2 aromatic carbocycles. The molecule has 0 bridgehead atoms. The maximum Gasteiger partial charge on any atom is 0.534 e. The molecule has 0 amide bonds. The molecule has 0 radical (unpaired) electrons. The van der Waals surface area contributed by atoms with E-state index in [0.717, 1.165) is 11.3 Å². The van der Waals surface area contributed by atoms with Crippen LogP contribution in [0.25, 0.3) is 0 Å². The van der Waals surface area contributed by atoms with Crippen LogP contribution in [-0.4, -0.2) is 29.1 Å². The second-order valence-electron chi connectivity index (χ2n) is 7.71. The number of halogens is 3. The summed E-state index contributed by atoms with van der Waals surface area (Å²) in [6.07, 6.45) is 0. The van der Waals surface area contributed by atoms with E-state index >= 15 is 0 Å². The molecule has 0 unspecified atom stereocenters. The van der Waals surface area contributed by atoms with Gasteiger partial charge in [0, 0.05) is 0 Å².